The van der Waals surface area contributed by atoms with Crippen LogP contribution in [0.3, 0.4) is 0 Å². The molecule has 0 unspecified atom stereocenters. The quantitative estimate of drug-likeness (QED) is 0.855. The van der Waals surface area contributed by atoms with Gasteiger partial charge in [0.15, 0.2) is 0 Å². The zero-order valence-corrected chi connectivity index (χ0v) is 13.2. The highest BCUT2D eigenvalue weighted by atomic mass is 35.5. The Hall–Kier alpha value is -1.00. The number of halogens is 1. The molecule has 0 aliphatic carbocycles. The van der Waals surface area contributed by atoms with E-state index in [0.29, 0.717) is 0 Å². The average molecular weight is 320 g/mol. The second-order valence-corrected chi connectivity index (χ2v) is 6.58. The first kappa shape index (κ1) is 14.9. The van der Waals surface area contributed by atoms with E-state index in [1.54, 1.807) is 11.8 Å². The van der Waals surface area contributed by atoms with Crippen LogP contribution in [0, 0.1) is 0 Å². The van der Waals surface area contributed by atoms with Crippen LogP contribution in [0.2, 0.25) is 5.02 Å². The molecule has 1 aliphatic heterocycles. The molecule has 0 saturated carbocycles. The van der Waals surface area contributed by atoms with Crippen LogP contribution in [0.15, 0.2) is 59.5 Å². The fraction of sp³-hybridized carbons (Fsp3) is 0.294. The topological polar surface area (TPSA) is 21.3 Å². The standard InChI is InChI=1S/C17H18ClNOS/c18-14-8-4-5-9-16(14)21-17(13-6-2-1-3-7-13)15-12-19-10-11-20-15/h1-9,15,17,19H,10-12H2/t15-,17-/m1/s1. The molecule has 0 bridgehead atoms. The summed E-state index contributed by atoms with van der Waals surface area (Å²) in [5.41, 5.74) is 1.27. The van der Waals surface area contributed by atoms with E-state index in [2.05, 4.69) is 35.6 Å². The van der Waals surface area contributed by atoms with E-state index in [0.717, 1.165) is 29.6 Å². The van der Waals surface area contributed by atoms with Crippen LogP contribution in [0.1, 0.15) is 10.8 Å². The van der Waals surface area contributed by atoms with Crippen molar-refractivity contribution in [1.82, 2.24) is 5.32 Å². The number of ether oxygens (including phenoxy) is 1. The Morgan fingerprint density at radius 3 is 2.57 bits per heavy atom. The molecule has 1 N–H and O–H groups in total. The van der Waals surface area contributed by atoms with Crippen molar-refractivity contribution < 1.29 is 4.74 Å². The van der Waals surface area contributed by atoms with Crippen LogP contribution >= 0.6 is 23.4 Å². The summed E-state index contributed by atoms with van der Waals surface area (Å²) < 4.78 is 5.98. The minimum absolute atomic E-state index is 0.155. The normalized spacial score (nSPS) is 20.1. The Balaban J connectivity index is 1.87. The lowest BCUT2D eigenvalue weighted by molar-refractivity contribution is 0.0273. The van der Waals surface area contributed by atoms with Gasteiger partial charge >= 0.3 is 0 Å². The maximum atomic E-state index is 6.32. The van der Waals surface area contributed by atoms with Gasteiger partial charge in [-0.3, -0.25) is 0 Å². The Labute approximate surface area is 134 Å². The molecular formula is C17H18ClNOS. The molecule has 1 heterocycles. The van der Waals surface area contributed by atoms with Crippen molar-refractivity contribution in [3.05, 3.63) is 65.2 Å². The van der Waals surface area contributed by atoms with Gasteiger partial charge in [0.1, 0.15) is 0 Å². The molecule has 3 rings (SSSR count). The molecule has 4 heteroatoms. The summed E-state index contributed by atoms with van der Waals surface area (Å²) in [6.45, 7) is 2.56. The smallest absolute Gasteiger partial charge is 0.0862 e. The molecular weight excluding hydrogens is 302 g/mol. The van der Waals surface area contributed by atoms with E-state index in [1.807, 2.05) is 24.3 Å². The van der Waals surface area contributed by atoms with Gasteiger partial charge in [-0.15, -0.1) is 11.8 Å². The van der Waals surface area contributed by atoms with E-state index in [-0.39, 0.29) is 11.4 Å². The number of thioether (sulfide) groups is 1. The Morgan fingerprint density at radius 2 is 1.86 bits per heavy atom. The SMILES string of the molecule is Clc1ccccc1S[C@H](c1ccccc1)[C@H]1CNCCO1. The lowest BCUT2D eigenvalue weighted by atomic mass is 10.1. The van der Waals surface area contributed by atoms with Crippen molar-refractivity contribution in [2.45, 2.75) is 16.2 Å². The largest absolute Gasteiger partial charge is 0.374 e. The molecule has 2 aromatic rings. The van der Waals surface area contributed by atoms with Gasteiger partial charge in [0.2, 0.25) is 0 Å². The molecule has 0 spiro atoms. The van der Waals surface area contributed by atoms with Gasteiger partial charge in [-0.2, -0.15) is 0 Å². The Morgan fingerprint density at radius 1 is 1.10 bits per heavy atom. The Bertz CT molecular complexity index is 572. The summed E-state index contributed by atoms with van der Waals surface area (Å²) in [7, 11) is 0. The van der Waals surface area contributed by atoms with Crippen LogP contribution in [-0.2, 0) is 4.74 Å². The highest BCUT2D eigenvalue weighted by Gasteiger charge is 2.27. The third-order valence-electron chi connectivity index (χ3n) is 3.51. The summed E-state index contributed by atoms with van der Waals surface area (Å²) in [5, 5.41) is 4.45. The molecule has 2 nitrogen and oxygen atoms in total. The number of benzene rings is 2. The first-order chi connectivity index (χ1) is 10.3. The molecule has 1 saturated heterocycles. The van der Waals surface area contributed by atoms with Crippen molar-refractivity contribution in [1.29, 1.82) is 0 Å². The summed E-state index contributed by atoms with van der Waals surface area (Å²) in [4.78, 5) is 1.10. The number of rotatable bonds is 4. The highest BCUT2D eigenvalue weighted by molar-refractivity contribution is 7.99. The first-order valence-electron chi connectivity index (χ1n) is 7.13. The minimum Gasteiger partial charge on any atom is -0.374 e. The Kier molecular flexibility index (Phi) is 5.20. The predicted molar refractivity (Wildman–Crippen MR) is 89.1 cm³/mol. The highest BCUT2D eigenvalue weighted by Crippen LogP contribution is 2.41. The third kappa shape index (κ3) is 3.80. The zero-order valence-electron chi connectivity index (χ0n) is 11.7. The molecule has 0 radical (unpaired) electrons. The van der Waals surface area contributed by atoms with Crippen molar-refractivity contribution >= 4 is 23.4 Å². The number of hydrogen-bond donors (Lipinski definition) is 1. The number of morpholine rings is 1. The fourth-order valence-corrected chi connectivity index (χ4v) is 3.96. The molecule has 1 aliphatic rings. The summed E-state index contributed by atoms with van der Waals surface area (Å²) in [6.07, 6.45) is 0.155. The number of hydrogen-bond acceptors (Lipinski definition) is 3. The molecule has 2 atom stereocenters. The minimum atomic E-state index is 0.155. The van der Waals surface area contributed by atoms with Gasteiger partial charge in [-0.05, 0) is 17.7 Å². The van der Waals surface area contributed by atoms with Gasteiger partial charge in [-0.25, -0.2) is 0 Å². The monoisotopic (exact) mass is 319 g/mol. The van der Waals surface area contributed by atoms with Crippen LogP contribution in [0.5, 0.6) is 0 Å². The second kappa shape index (κ2) is 7.32. The van der Waals surface area contributed by atoms with E-state index in [9.17, 15) is 0 Å². The molecule has 21 heavy (non-hydrogen) atoms. The third-order valence-corrected chi connectivity index (χ3v) is 5.39. The molecule has 110 valence electrons. The zero-order chi connectivity index (χ0) is 14.5. The number of nitrogens with one attached hydrogen (secondary N) is 1. The lowest BCUT2D eigenvalue weighted by Gasteiger charge is -2.31. The van der Waals surface area contributed by atoms with Gasteiger partial charge in [0.05, 0.1) is 23.0 Å². The van der Waals surface area contributed by atoms with Crippen LogP contribution in [0.25, 0.3) is 0 Å². The van der Waals surface area contributed by atoms with E-state index in [1.165, 1.54) is 5.56 Å². The summed E-state index contributed by atoms with van der Waals surface area (Å²) in [5.74, 6) is 0. The summed E-state index contributed by atoms with van der Waals surface area (Å²) >= 11 is 8.10. The van der Waals surface area contributed by atoms with Crippen molar-refractivity contribution in [3.63, 3.8) is 0 Å². The molecule has 0 amide bonds. The van der Waals surface area contributed by atoms with Gasteiger partial charge < -0.3 is 10.1 Å². The summed E-state index contributed by atoms with van der Waals surface area (Å²) in [6, 6.07) is 18.5. The average Bonchev–Trinajstić information content (AvgIpc) is 2.56. The van der Waals surface area contributed by atoms with Crippen molar-refractivity contribution in [2.24, 2.45) is 0 Å². The first-order valence-corrected chi connectivity index (χ1v) is 8.39. The fourth-order valence-electron chi connectivity index (χ4n) is 2.46. The lowest BCUT2D eigenvalue weighted by Crippen LogP contribution is -2.41. The van der Waals surface area contributed by atoms with Crippen LogP contribution < -0.4 is 5.32 Å². The molecule has 0 aromatic heterocycles. The van der Waals surface area contributed by atoms with Gasteiger partial charge in [0, 0.05) is 18.0 Å². The maximum absolute atomic E-state index is 6.32. The van der Waals surface area contributed by atoms with Crippen molar-refractivity contribution in [2.75, 3.05) is 19.7 Å². The second-order valence-electron chi connectivity index (χ2n) is 4.99. The van der Waals surface area contributed by atoms with Gasteiger partial charge in [-0.1, -0.05) is 54.1 Å². The maximum Gasteiger partial charge on any atom is 0.0862 e. The van der Waals surface area contributed by atoms with Crippen LogP contribution in [0.4, 0.5) is 0 Å². The van der Waals surface area contributed by atoms with Crippen LogP contribution in [-0.4, -0.2) is 25.8 Å². The van der Waals surface area contributed by atoms with Gasteiger partial charge in [0.25, 0.3) is 0 Å². The van der Waals surface area contributed by atoms with Crippen molar-refractivity contribution in [3.8, 4) is 0 Å². The van der Waals surface area contributed by atoms with E-state index < -0.39 is 0 Å². The molecule has 1 fully saturated rings. The van der Waals surface area contributed by atoms with E-state index in [4.69, 9.17) is 16.3 Å². The predicted octanol–water partition coefficient (Wildman–Crippen LogP) is 4.16. The van der Waals surface area contributed by atoms with E-state index >= 15 is 0 Å². The molecule has 2 aromatic carbocycles.